The number of rotatable bonds is 6. The van der Waals surface area contributed by atoms with Crippen molar-refractivity contribution in [3.8, 4) is 0 Å². The topological polar surface area (TPSA) is 89.7 Å². The molecule has 6 nitrogen and oxygen atoms in total. The maximum atomic E-state index is 12.1. The minimum atomic E-state index is -3.35. The number of hydrogen-bond donors (Lipinski definition) is 1. The zero-order valence-electron chi connectivity index (χ0n) is 11.7. The first kappa shape index (κ1) is 16.4. The molecule has 1 aliphatic heterocycles. The highest BCUT2D eigenvalue weighted by molar-refractivity contribution is 7.89. The Labute approximate surface area is 115 Å². The number of carbonyl (C=O) groups is 1. The zero-order valence-corrected chi connectivity index (χ0v) is 12.5. The van der Waals surface area contributed by atoms with E-state index in [4.69, 9.17) is 10.5 Å². The number of sulfonamides is 1. The molecular weight excluding hydrogens is 268 g/mol. The number of carbonyl (C=O) groups excluding carboxylic acids is 1. The molecule has 0 aromatic rings. The average molecular weight is 292 g/mol. The highest BCUT2D eigenvalue weighted by Gasteiger charge is 2.29. The molecule has 1 fully saturated rings. The summed E-state index contributed by atoms with van der Waals surface area (Å²) in [6.07, 6.45) is 1.50. The van der Waals surface area contributed by atoms with Crippen LogP contribution < -0.4 is 5.73 Å². The van der Waals surface area contributed by atoms with Crippen LogP contribution in [-0.4, -0.2) is 50.2 Å². The van der Waals surface area contributed by atoms with Gasteiger partial charge in [-0.2, -0.15) is 0 Å². The molecule has 0 saturated carbocycles. The summed E-state index contributed by atoms with van der Waals surface area (Å²) in [4.78, 5) is 11.2. The van der Waals surface area contributed by atoms with Crippen LogP contribution >= 0.6 is 0 Å². The van der Waals surface area contributed by atoms with Crippen LogP contribution in [0.3, 0.4) is 0 Å². The first-order valence-electron chi connectivity index (χ1n) is 6.76. The van der Waals surface area contributed by atoms with E-state index in [9.17, 15) is 13.2 Å². The molecule has 19 heavy (non-hydrogen) atoms. The Hall–Kier alpha value is -0.660. The van der Waals surface area contributed by atoms with Gasteiger partial charge in [-0.05, 0) is 32.6 Å². The maximum Gasteiger partial charge on any atom is 0.306 e. The van der Waals surface area contributed by atoms with Crippen molar-refractivity contribution in [2.75, 3.05) is 25.4 Å². The number of hydrogen-bond acceptors (Lipinski definition) is 5. The van der Waals surface area contributed by atoms with E-state index < -0.39 is 16.0 Å². The number of nitrogens with two attached hydrogens (primary N) is 1. The van der Waals surface area contributed by atoms with Crippen molar-refractivity contribution < 1.29 is 17.9 Å². The summed E-state index contributed by atoms with van der Waals surface area (Å²) in [6, 6.07) is 0.101. The van der Waals surface area contributed by atoms with Crippen LogP contribution in [-0.2, 0) is 19.6 Å². The lowest BCUT2D eigenvalue weighted by atomic mass is 9.92. The Morgan fingerprint density at radius 1 is 1.42 bits per heavy atom. The molecule has 2 N–H and O–H groups in total. The van der Waals surface area contributed by atoms with E-state index in [0.29, 0.717) is 19.0 Å². The van der Waals surface area contributed by atoms with E-state index in [1.165, 1.54) is 4.31 Å². The van der Waals surface area contributed by atoms with E-state index in [1.807, 2.05) is 6.92 Å². The van der Waals surface area contributed by atoms with Gasteiger partial charge in [0.15, 0.2) is 0 Å². The molecular formula is C12H24N2O4S. The third kappa shape index (κ3) is 5.08. The van der Waals surface area contributed by atoms with Gasteiger partial charge in [0.1, 0.15) is 0 Å². The summed E-state index contributed by atoms with van der Waals surface area (Å²) in [7, 11) is -3.35. The van der Waals surface area contributed by atoms with Gasteiger partial charge in [0.05, 0.1) is 18.8 Å². The van der Waals surface area contributed by atoms with Crippen LogP contribution in [0.25, 0.3) is 0 Å². The van der Waals surface area contributed by atoms with Crippen LogP contribution in [0.2, 0.25) is 0 Å². The molecule has 112 valence electrons. The van der Waals surface area contributed by atoms with Crippen molar-refractivity contribution in [3.63, 3.8) is 0 Å². The van der Waals surface area contributed by atoms with Crippen molar-refractivity contribution in [2.45, 2.75) is 39.2 Å². The minimum absolute atomic E-state index is 0.0800. The summed E-state index contributed by atoms with van der Waals surface area (Å²) in [5.74, 6) is -0.248. The summed E-state index contributed by atoms with van der Waals surface area (Å²) >= 11 is 0. The molecule has 0 aliphatic carbocycles. The van der Waals surface area contributed by atoms with E-state index in [0.717, 1.165) is 12.8 Å². The summed E-state index contributed by atoms with van der Waals surface area (Å²) in [5, 5.41) is 0. The Morgan fingerprint density at radius 2 is 2.00 bits per heavy atom. The van der Waals surface area contributed by atoms with E-state index >= 15 is 0 Å². The van der Waals surface area contributed by atoms with Gasteiger partial charge in [-0.25, -0.2) is 12.7 Å². The zero-order chi connectivity index (χ0) is 14.5. The maximum absolute atomic E-state index is 12.1. The average Bonchev–Trinajstić information content (AvgIpc) is 2.37. The largest absolute Gasteiger partial charge is 0.466 e. The first-order chi connectivity index (χ1) is 8.86. The van der Waals surface area contributed by atoms with Gasteiger partial charge < -0.3 is 10.5 Å². The Balaban J connectivity index is 2.44. The van der Waals surface area contributed by atoms with Crippen LogP contribution in [0.15, 0.2) is 0 Å². The van der Waals surface area contributed by atoms with E-state index in [-0.39, 0.29) is 24.8 Å². The predicted molar refractivity (Wildman–Crippen MR) is 73.0 cm³/mol. The second-order valence-electron chi connectivity index (χ2n) is 4.97. The van der Waals surface area contributed by atoms with Crippen LogP contribution in [0.1, 0.15) is 33.1 Å². The lowest BCUT2D eigenvalue weighted by molar-refractivity contribution is -0.142. The first-order valence-corrected chi connectivity index (χ1v) is 8.36. The molecule has 0 bridgehead atoms. The number of piperidine rings is 1. The fourth-order valence-corrected chi connectivity index (χ4v) is 3.70. The van der Waals surface area contributed by atoms with Gasteiger partial charge in [-0.1, -0.05) is 0 Å². The van der Waals surface area contributed by atoms with Gasteiger partial charge >= 0.3 is 5.97 Å². The fourth-order valence-electron chi connectivity index (χ4n) is 2.25. The molecule has 0 amide bonds. The molecule has 1 heterocycles. The van der Waals surface area contributed by atoms with Gasteiger partial charge in [0.25, 0.3) is 0 Å². The SMILES string of the molecule is CCOC(=O)CCS(=O)(=O)N1CCC(C(C)N)CC1. The smallest absolute Gasteiger partial charge is 0.306 e. The van der Waals surface area contributed by atoms with Crippen molar-refractivity contribution in [1.82, 2.24) is 4.31 Å². The minimum Gasteiger partial charge on any atom is -0.466 e. The van der Waals surface area contributed by atoms with Gasteiger partial charge in [-0.15, -0.1) is 0 Å². The molecule has 0 aromatic carbocycles. The molecule has 1 unspecified atom stereocenters. The van der Waals surface area contributed by atoms with Crippen LogP contribution in [0, 0.1) is 5.92 Å². The van der Waals surface area contributed by atoms with Crippen molar-refractivity contribution in [1.29, 1.82) is 0 Å². The molecule has 7 heteroatoms. The highest BCUT2D eigenvalue weighted by atomic mass is 32.2. The number of esters is 1. The van der Waals surface area contributed by atoms with Crippen LogP contribution in [0.4, 0.5) is 0 Å². The molecule has 0 spiro atoms. The van der Waals surface area contributed by atoms with Gasteiger partial charge in [0.2, 0.25) is 10.0 Å². The monoisotopic (exact) mass is 292 g/mol. The molecule has 1 rings (SSSR count). The molecule has 1 aliphatic rings. The van der Waals surface area contributed by atoms with E-state index in [1.54, 1.807) is 6.92 Å². The highest BCUT2D eigenvalue weighted by Crippen LogP contribution is 2.22. The Bertz CT molecular complexity index is 387. The fraction of sp³-hybridized carbons (Fsp3) is 0.917. The summed E-state index contributed by atoms with van der Waals surface area (Å²) in [6.45, 7) is 4.92. The number of ether oxygens (including phenoxy) is 1. The van der Waals surface area contributed by atoms with Crippen LogP contribution in [0.5, 0.6) is 0 Å². The third-order valence-electron chi connectivity index (χ3n) is 3.51. The number of nitrogens with zero attached hydrogens (tertiary/aromatic N) is 1. The van der Waals surface area contributed by atoms with Gasteiger partial charge in [0, 0.05) is 19.1 Å². The summed E-state index contributed by atoms with van der Waals surface area (Å²) < 4.78 is 30.3. The van der Waals surface area contributed by atoms with Crippen molar-refractivity contribution in [3.05, 3.63) is 0 Å². The predicted octanol–water partition coefficient (Wildman–Crippen LogP) is 0.329. The standard InChI is InChI=1S/C12H24N2O4S/c1-3-18-12(15)6-9-19(16,17)14-7-4-11(5-8-14)10(2)13/h10-11H,3-9,13H2,1-2H3. The second kappa shape index (κ2) is 7.21. The van der Waals surface area contributed by atoms with E-state index in [2.05, 4.69) is 0 Å². The molecule has 0 radical (unpaired) electrons. The van der Waals surface area contributed by atoms with Crippen molar-refractivity contribution >= 4 is 16.0 Å². The quantitative estimate of drug-likeness (QED) is 0.712. The molecule has 1 saturated heterocycles. The molecule has 0 aromatic heterocycles. The third-order valence-corrected chi connectivity index (χ3v) is 5.38. The molecule has 1 atom stereocenters. The summed E-state index contributed by atoms with van der Waals surface area (Å²) in [5.41, 5.74) is 5.82. The van der Waals surface area contributed by atoms with Gasteiger partial charge in [-0.3, -0.25) is 4.79 Å². The lowest BCUT2D eigenvalue weighted by Gasteiger charge is -2.32. The normalized spacial score (nSPS) is 20.2. The Kier molecular flexibility index (Phi) is 6.22. The second-order valence-corrected chi connectivity index (χ2v) is 7.06. The Morgan fingerprint density at radius 3 is 2.47 bits per heavy atom. The van der Waals surface area contributed by atoms with Crippen molar-refractivity contribution in [2.24, 2.45) is 11.7 Å². The lowest BCUT2D eigenvalue weighted by Crippen LogP contribution is -2.43.